The smallest absolute Gasteiger partial charge is 0.131 e. The van der Waals surface area contributed by atoms with Crippen LogP contribution in [0.1, 0.15) is 19.3 Å². The molecule has 0 aliphatic heterocycles. The normalized spacial score (nSPS) is 23.6. The summed E-state index contributed by atoms with van der Waals surface area (Å²) >= 11 is 0. The molecule has 2 atom stereocenters. The van der Waals surface area contributed by atoms with Gasteiger partial charge in [0, 0.05) is 26.3 Å². The van der Waals surface area contributed by atoms with Crippen molar-refractivity contribution in [1.29, 1.82) is 0 Å². The van der Waals surface area contributed by atoms with Gasteiger partial charge < -0.3 is 15.7 Å². The van der Waals surface area contributed by atoms with E-state index in [-0.39, 0.29) is 0 Å². The van der Waals surface area contributed by atoms with Crippen molar-refractivity contribution in [2.45, 2.75) is 19.3 Å². The van der Waals surface area contributed by atoms with Crippen LogP contribution in [0.2, 0.25) is 0 Å². The average Bonchev–Trinajstić information content (AvgIpc) is 2.84. The number of hydrogen-bond acceptors (Lipinski definition) is 5. The SMILES string of the molecule is CNc1cc(NCC2CCCC2CO)ncn1. The fourth-order valence-corrected chi connectivity index (χ4v) is 2.45. The number of rotatable bonds is 5. The van der Waals surface area contributed by atoms with E-state index in [4.69, 9.17) is 0 Å². The first-order valence-electron chi connectivity index (χ1n) is 6.18. The van der Waals surface area contributed by atoms with E-state index >= 15 is 0 Å². The molecule has 0 saturated heterocycles. The summed E-state index contributed by atoms with van der Waals surface area (Å²) in [6.45, 7) is 1.18. The van der Waals surface area contributed by atoms with Gasteiger partial charge in [-0.1, -0.05) is 6.42 Å². The summed E-state index contributed by atoms with van der Waals surface area (Å²) in [4.78, 5) is 8.24. The van der Waals surface area contributed by atoms with Crippen molar-refractivity contribution >= 4 is 11.6 Å². The van der Waals surface area contributed by atoms with Crippen LogP contribution in [0.25, 0.3) is 0 Å². The van der Waals surface area contributed by atoms with Crippen molar-refractivity contribution < 1.29 is 5.11 Å². The van der Waals surface area contributed by atoms with Crippen LogP contribution in [-0.4, -0.2) is 35.3 Å². The Kier molecular flexibility index (Phi) is 4.14. The van der Waals surface area contributed by atoms with Gasteiger partial charge in [-0.3, -0.25) is 0 Å². The first kappa shape index (κ1) is 12.1. The lowest BCUT2D eigenvalue weighted by molar-refractivity contribution is 0.199. The molecular formula is C12H20N4O. The average molecular weight is 236 g/mol. The van der Waals surface area contributed by atoms with E-state index in [0.717, 1.165) is 24.6 Å². The van der Waals surface area contributed by atoms with Gasteiger partial charge in [0.05, 0.1) is 0 Å². The highest BCUT2D eigenvalue weighted by Gasteiger charge is 2.26. The molecule has 3 N–H and O–H groups in total. The van der Waals surface area contributed by atoms with E-state index in [2.05, 4.69) is 20.6 Å². The Balaban J connectivity index is 1.88. The highest BCUT2D eigenvalue weighted by atomic mass is 16.3. The molecule has 0 aromatic carbocycles. The van der Waals surface area contributed by atoms with E-state index < -0.39 is 0 Å². The second-order valence-corrected chi connectivity index (χ2v) is 4.55. The van der Waals surface area contributed by atoms with Crippen LogP contribution in [-0.2, 0) is 0 Å². The fraction of sp³-hybridized carbons (Fsp3) is 0.667. The van der Waals surface area contributed by atoms with Gasteiger partial charge in [0.25, 0.3) is 0 Å². The molecule has 1 fully saturated rings. The van der Waals surface area contributed by atoms with Crippen molar-refractivity contribution in [2.75, 3.05) is 30.8 Å². The Morgan fingerprint density at radius 1 is 1.29 bits per heavy atom. The molecule has 17 heavy (non-hydrogen) atoms. The molecule has 0 bridgehead atoms. The molecule has 2 unspecified atom stereocenters. The Labute approximate surface area is 102 Å². The summed E-state index contributed by atoms with van der Waals surface area (Å²) < 4.78 is 0. The maximum Gasteiger partial charge on any atom is 0.131 e. The predicted molar refractivity (Wildman–Crippen MR) is 68.0 cm³/mol. The van der Waals surface area contributed by atoms with Gasteiger partial charge >= 0.3 is 0 Å². The lowest BCUT2D eigenvalue weighted by atomic mass is 9.97. The van der Waals surface area contributed by atoms with Crippen LogP contribution in [0.5, 0.6) is 0 Å². The number of aliphatic hydroxyl groups excluding tert-OH is 1. The third-order valence-electron chi connectivity index (χ3n) is 3.52. The molecular weight excluding hydrogens is 216 g/mol. The van der Waals surface area contributed by atoms with Gasteiger partial charge in [-0.2, -0.15) is 0 Å². The maximum atomic E-state index is 9.25. The Morgan fingerprint density at radius 2 is 2.06 bits per heavy atom. The van der Waals surface area contributed by atoms with E-state index in [1.165, 1.54) is 12.8 Å². The highest BCUT2D eigenvalue weighted by Crippen LogP contribution is 2.31. The molecule has 0 spiro atoms. The van der Waals surface area contributed by atoms with Crippen molar-refractivity contribution in [3.05, 3.63) is 12.4 Å². The molecule has 1 aliphatic rings. The fourth-order valence-electron chi connectivity index (χ4n) is 2.45. The third-order valence-corrected chi connectivity index (χ3v) is 3.52. The van der Waals surface area contributed by atoms with Crippen LogP contribution in [0.3, 0.4) is 0 Å². The quantitative estimate of drug-likeness (QED) is 0.719. The van der Waals surface area contributed by atoms with Crippen LogP contribution < -0.4 is 10.6 Å². The number of aromatic nitrogens is 2. The number of anilines is 2. The van der Waals surface area contributed by atoms with Gasteiger partial charge in [-0.05, 0) is 24.7 Å². The minimum atomic E-state index is 0.303. The molecule has 5 heteroatoms. The second-order valence-electron chi connectivity index (χ2n) is 4.55. The number of nitrogens with one attached hydrogen (secondary N) is 2. The van der Waals surface area contributed by atoms with E-state index in [1.54, 1.807) is 6.33 Å². The largest absolute Gasteiger partial charge is 0.396 e. The molecule has 1 aliphatic carbocycles. The minimum Gasteiger partial charge on any atom is -0.396 e. The summed E-state index contributed by atoms with van der Waals surface area (Å²) in [5.41, 5.74) is 0. The first-order chi connectivity index (χ1) is 8.33. The topological polar surface area (TPSA) is 70.1 Å². The zero-order valence-electron chi connectivity index (χ0n) is 10.2. The highest BCUT2D eigenvalue weighted by molar-refractivity contribution is 5.45. The van der Waals surface area contributed by atoms with E-state index in [1.807, 2.05) is 13.1 Å². The Morgan fingerprint density at radius 3 is 2.82 bits per heavy atom. The molecule has 1 saturated carbocycles. The number of hydrogen-bond donors (Lipinski definition) is 3. The van der Waals surface area contributed by atoms with Crippen molar-refractivity contribution in [2.24, 2.45) is 11.8 Å². The van der Waals surface area contributed by atoms with Crippen LogP contribution >= 0.6 is 0 Å². The Bertz CT molecular complexity index is 358. The van der Waals surface area contributed by atoms with E-state index in [9.17, 15) is 5.11 Å². The molecule has 1 heterocycles. The maximum absolute atomic E-state index is 9.25. The van der Waals surface area contributed by atoms with Gasteiger partial charge in [0.2, 0.25) is 0 Å². The number of aliphatic hydroxyl groups is 1. The summed E-state index contributed by atoms with van der Waals surface area (Å²) in [5, 5.41) is 15.6. The van der Waals surface area contributed by atoms with Crippen LogP contribution in [0.15, 0.2) is 12.4 Å². The van der Waals surface area contributed by atoms with Crippen molar-refractivity contribution in [3.8, 4) is 0 Å². The second kappa shape index (κ2) is 5.82. The van der Waals surface area contributed by atoms with Crippen molar-refractivity contribution in [3.63, 3.8) is 0 Å². The molecule has 5 nitrogen and oxygen atoms in total. The summed E-state index contributed by atoms with van der Waals surface area (Å²) in [5.74, 6) is 2.67. The molecule has 0 amide bonds. The van der Waals surface area contributed by atoms with Gasteiger partial charge in [0.15, 0.2) is 0 Å². The Hall–Kier alpha value is -1.36. The lowest BCUT2D eigenvalue weighted by Crippen LogP contribution is -2.21. The first-order valence-corrected chi connectivity index (χ1v) is 6.18. The molecule has 1 aromatic rings. The van der Waals surface area contributed by atoms with E-state index in [0.29, 0.717) is 18.4 Å². The summed E-state index contributed by atoms with van der Waals surface area (Å²) in [6, 6.07) is 1.89. The van der Waals surface area contributed by atoms with Gasteiger partial charge in [0.1, 0.15) is 18.0 Å². The monoisotopic (exact) mass is 236 g/mol. The molecule has 94 valence electrons. The van der Waals surface area contributed by atoms with Gasteiger partial charge in [-0.25, -0.2) is 9.97 Å². The molecule has 2 rings (SSSR count). The standard InChI is InChI=1S/C12H20N4O/c1-13-11-5-12(16-8-15-11)14-6-9-3-2-4-10(9)7-17/h5,8-10,17H,2-4,6-7H2,1H3,(H2,13,14,15,16). The summed E-state index contributed by atoms with van der Waals surface area (Å²) in [6.07, 6.45) is 5.12. The summed E-state index contributed by atoms with van der Waals surface area (Å²) in [7, 11) is 1.84. The van der Waals surface area contributed by atoms with Gasteiger partial charge in [-0.15, -0.1) is 0 Å². The van der Waals surface area contributed by atoms with Crippen LogP contribution in [0.4, 0.5) is 11.6 Å². The zero-order valence-corrected chi connectivity index (χ0v) is 10.2. The number of nitrogens with zero attached hydrogens (tertiary/aromatic N) is 2. The van der Waals surface area contributed by atoms with Crippen molar-refractivity contribution in [1.82, 2.24) is 9.97 Å². The third kappa shape index (κ3) is 3.06. The zero-order chi connectivity index (χ0) is 12.1. The molecule has 0 radical (unpaired) electrons. The molecule has 1 aromatic heterocycles. The van der Waals surface area contributed by atoms with Crippen LogP contribution in [0, 0.1) is 11.8 Å². The minimum absolute atomic E-state index is 0.303. The lowest BCUT2D eigenvalue weighted by Gasteiger charge is -2.18. The predicted octanol–water partition coefficient (Wildman–Crippen LogP) is 1.34.